The number of aromatic nitrogens is 2. The van der Waals surface area contributed by atoms with Gasteiger partial charge in [-0.05, 0) is 56.0 Å². The molecule has 0 fully saturated rings. The van der Waals surface area contributed by atoms with Crippen molar-refractivity contribution in [3.63, 3.8) is 0 Å². The molecule has 6 heteroatoms. The summed E-state index contributed by atoms with van der Waals surface area (Å²) in [4.78, 5) is 24.6. The van der Waals surface area contributed by atoms with Gasteiger partial charge in [0.05, 0.1) is 11.4 Å². The highest BCUT2D eigenvalue weighted by molar-refractivity contribution is 5.95. The monoisotopic (exact) mass is 431 g/mol. The Hall–Kier alpha value is -3.67. The third kappa shape index (κ3) is 5.32. The number of hydrogen-bond acceptors (Lipinski definition) is 4. The van der Waals surface area contributed by atoms with Crippen molar-refractivity contribution >= 4 is 23.6 Å². The largest absolute Gasteiger partial charge is 0.452 e. The number of nitrogens with zero attached hydrogens (tertiary/aromatic N) is 2. The van der Waals surface area contributed by atoms with Crippen LogP contribution in [0, 0.1) is 20.8 Å². The molecule has 3 aromatic rings. The zero-order valence-electron chi connectivity index (χ0n) is 19.2. The first-order valence-electron chi connectivity index (χ1n) is 10.6. The van der Waals surface area contributed by atoms with E-state index in [0.29, 0.717) is 0 Å². The number of esters is 1. The van der Waals surface area contributed by atoms with Gasteiger partial charge in [0, 0.05) is 23.0 Å². The fraction of sp³-hybridized carbons (Fsp3) is 0.269. The Morgan fingerprint density at radius 2 is 1.78 bits per heavy atom. The Morgan fingerprint density at radius 1 is 1.06 bits per heavy atom. The standard InChI is InChI=1S/C26H29N3O3/c1-17(2)22-13-9-10-18(3)26(22)27-24(30)16-32-25(31)15-14-23-19(4)28-29(20(23)5)21-11-7-6-8-12-21/h6-15,17H,16H2,1-5H3,(H,27,30)/b15-14+. The molecule has 0 spiro atoms. The molecule has 6 nitrogen and oxygen atoms in total. The van der Waals surface area contributed by atoms with Gasteiger partial charge in [-0.2, -0.15) is 5.10 Å². The van der Waals surface area contributed by atoms with Gasteiger partial charge in [0.2, 0.25) is 0 Å². The molecule has 3 rings (SSSR count). The molecular weight excluding hydrogens is 402 g/mol. The molecule has 0 atom stereocenters. The molecule has 1 aromatic heterocycles. The van der Waals surface area contributed by atoms with E-state index < -0.39 is 5.97 Å². The fourth-order valence-electron chi connectivity index (χ4n) is 3.57. The number of rotatable bonds is 7. The van der Waals surface area contributed by atoms with E-state index in [2.05, 4.69) is 24.3 Å². The molecule has 0 aliphatic rings. The first-order valence-corrected chi connectivity index (χ1v) is 10.6. The summed E-state index contributed by atoms with van der Waals surface area (Å²) in [5.74, 6) is -0.688. The molecule has 0 saturated heterocycles. The van der Waals surface area contributed by atoms with Crippen LogP contribution in [-0.2, 0) is 14.3 Å². The van der Waals surface area contributed by atoms with Crippen LogP contribution in [0.4, 0.5) is 5.69 Å². The van der Waals surface area contributed by atoms with Crippen LogP contribution in [0.15, 0.2) is 54.6 Å². The van der Waals surface area contributed by atoms with Gasteiger partial charge < -0.3 is 10.1 Å². The molecule has 1 N–H and O–H groups in total. The highest BCUT2D eigenvalue weighted by Crippen LogP contribution is 2.27. The minimum absolute atomic E-state index is 0.263. The van der Waals surface area contributed by atoms with Gasteiger partial charge in [0.25, 0.3) is 5.91 Å². The van der Waals surface area contributed by atoms with Crippen molar-refractivity contribution in [1.29, 1.82) is 0 Å². The first kappa shape index (κ1) is 23.0. The molecule has 1 heterocycles. The van der Waals surface area contributed by atoms with Crippen molar-refractivity contribution in [2.75, 3.05) is 11.9 Å². The lowest BCUT2D eigenvalue weighted by Gasteiger charge is -2.16. The Balaban J connectivity index is 1.63. The van der Waals surface area contributed by atoms with E-state index in [1.807, 2.05) is 74.0 Å². The highest BCUT2D eigenvalue weighted by Gasteiger charge is 2.14. The quantitative estimate of drug-likeness (QED) is 0.416. The van der Waals surface area contributed by atoms with Crippen molar-refractivity contribution in [3.8, 4) is 5.69 Å². The summed E-state index contributed by atoms with van der Waals surface area (Å²) in [6.07, 6.45) is 3.00. The van der Waals surface area contributed by atoms with Crippen LogP contribution in [-0.4, -0.2) is 28.3 Å². The highest BCUT2D eigenvalue weighted by atomic mass is 16.5. The van der Waals surface area contributed by atoms with E-state index >= 15 is 0 Å². The Kier molecular flexibility index (Phi) is 7.25. The number of benzene rings is 2. The maximum absolute atomic E-state index is 12.4. The second-order valence-corrected chi connectivity index (χ2v) is 8.01. The molecule has 0 aliphatic carbocycles. The average Bonchev–Trinajstić information content (AvgIpc) is 3.06. The van der Waals surface area contributed by atoms with E-state index in [4.69, 9.17) is 4.74 Å². The van der Waals surface area contributed by atoms with Gasteiger partial charge in [0.1, 0.15) is 0 Å². The zero-order valence-corrected chi connectivity index (χ0v) is 19.2. The number of para-hydroxylation sites is 2. The predicted octanol–water partition coefficient (Wildman–Crippen LogP) is 5.12. The smallest absolute Gasteiger partial charge is 0.331 e. The maximum atomic E-state index is 12.4. The van der Waals surface area contributed by atoms with E-state index in [0.717, 1.165) is 39.5 Å². The molecule has 166 valence electrons. The van der Waals surface area contributed by atoms with Crippen LogP contribution in [0.2, 0.25) is 0 Å². The minimum atomic E-state index is -0.583. The summed E-state index contributed by atoms with van der Waals surface area (Å²) < 4.78 is 6.98. The second-order valence-electron chi connectivity index (χ2n) is 8.01. The first-order chi connectivity index (χ1) is 15.3. The third-order valence-electron chi connectivity index (χ3n) is 5.27. The van der Waals surface area contributed by atoms with Gasteiger partial charge in [0.15, 0.2) is 6.61 Å². The number of hydrogen-bond donors (Lipinski definition) is 1. The number of anilines is 1. The molecule has 1 amide bonds. The van der Waals surface area contributed by atoms with Gasteiger partial charge >= 0.3 is 5.97 Å². The molecule has 2 aromatic carbocycles. The topological polar surface area (TPSA) is 73.2 Å². The number of carbonyl (C=O) groups excluding carboxylic acids is 2. The molecule has 0 bridgehead atoms. The van der Waals surface area contributed by atoms with Gasteiger partial charge in [-0.3, -0.25) is 4.79 Å². The summed E-state index contributed by atoms with van der Waals surface area (Å²) >= 11 is 0. The van der Waals surface area contributed by atoms with E-state index in [9.17, 15) is 9.59 Å². The number of ether oxygens (including phenoxy) is 1. The van der Waals surface area contributed by atoms with Gasteiger partial charge in [-0.25, -0.2) is 9.48 Å². The number of aryl methyl sites for hydroxylation is 2. The zero-order chi connectivity index (χ0) is 23.3. The van der Waals surface area contributed by atoms with Crippen molar-refractivity contribution < 1.29 is 14.3 Å². The normalized spacial score (nSPS) is 11.2. The maximum Gasteiger partial charge on any atom is 0.331 e. The summed E-state index contributed by atoms with van der Waals surface area (Å²) in [7, 11) is 0. The minimum Gasteiger partial charge on any atom is -0.452 e. The second kappa shape index (κ2) is 10.1. The molecule has 32 heavy (non-hydrogen) atoms. The van der Waals surface area contributed by atoms with Gasteiger partial charge in [-0.15, -0.1) is 0 Å². The number of nitrogens with one attached hydrogen (secondary N) is 1. The molecular formula is C26H29N3O3. The van der Waals surface area contributed by atoms with Crippen LogP contribution in [0.25, 0.3) is 11.8 Å². The third-order valence-corrected chi connectivity index (χ3v) is 5.27. The molecule has 0 saturated carbocycles. The summed E-state index contributed by atoms with van der Waals surface area (Å²) in [6, 6.07) is 15.7. The predicted molar refractivity (Wildman–Crippen MR) is 127 cm³/mol. The molecule has 0 aliphatic heterocycles. The number of amides is 1. The van der Waals surface area contributed by atoms with Crippen LogP contribution in [0.3, 0.4) is 0 Å². The van der Waals surface area contributed by atoms with Crippen molar-refractivity contribution in [2.24, 2.45) is 0 Å². The lowest BCUT2D eigenvalue weighted by Crippen LogP contribution is -2.21. The van der Waals surface area contributed by atoms with Gasteiger partial charge in [-0.1, -0.05) is 50.2 Å². The van der Waals surface area contributed by atoms with Crippen LogP contribution in [0.5, 0.6) is 0 Å². The van der Waals surface area contributed by atoms with Crippen molar-refractivity contribution in [1.82, 2.24) is 9.78 Å². The Labute approximate surface area is 188 Å². The van der Waals surface area contributed by atoms with Crippen LogP contribution in [0.1, 0.15) is 47.8 Å². The van der Waals surface area contributed by atoms with Crippen LogP contribution < -0.4 is 5.32 Å². The summed E-state index contributed by atoms with van der Waals surface area (Å²) in [5.41, 5.74) is 6.30. The molecule has 0 radical (unpaired) electrons. The van der Waals surface area contributed by atoms with Crippen molar-refractivity contribution in [2.45, 2.75) is 40.5 Å². The van der Waals surface area contributed by atoms with E-state index in [1.54, 1.807) is 6.08 Å². The SMILES string of the molecule is Cc1cccc(C(C)C)c1NC(=O)COC(=O)/C=C/c1c(C)nn(-c2ccccc2)c1C. The van der Waals surface area contributed by atoms with Crippen LogP contribution >= 0.6 is 0 Å². The van der Waals surface area contributed by atoms with E-state index in [1.165, 1.54) is 6.08 Å². The summed E-state index contributed by atoms with van der Waals surface area (Å²) in [6.45, 7) is 9.56. The van der Waals surface area contributed by atoms with E-state index in [-0.39, 0.29) is 18.4 Å². The Bertz CT molecular complexity index is 1140. The fourth-order valence-corrected chi connectivity index (χ4v) is 3.57. The number of carbonyl (C=O) groups is 2. The van der Waals surface area contributed by atoms with Crippen molar-refractivity contribution in [3.05, 3.63) is 82.7 Å². The lowest BCUT2D eigenvalue weighted by atomic mass is 9.98. The average molecular weight is 432 g/mol. The Morgan fingerprint density at radius 3 is 2.47 bits per heavy atom. The molecule has 0 unspecified atom stereocenters. The summed E-state index contributed by atoms with van der Waals surface area (Å²) in [5, 5.41) is 7.43. The lowest BCUT2D eigenvalue weighted by molar-refractivity contribution is -0.142.